The number of hydrogen-bond acceptors (Lipinski definition) is 6. The average molecular weight is 607 g/mol. The van der Waals surface area contributed by atoms with Crippen molar-refractivity contribution in [3.05, 3.63) is 99.1 Å². The van der Waals surface area contributed by atoms with Gasteiger partial charge in [0.15, 0.2) is 5.75 Å². The molecule has 1 saturated carbocycles. The van der Waals surface area contributed by atoms with E-state index in [0.717, 1.165) is 17.2 Å². The minimum Gasteiger partial charge on any atom is -0.462 e. The number of fused-ring (bicyclic) bond motifs is 2. The minimum absolute atomic E-state index is 0.0197. The van der Waals surface area contributed by atoms with E-state index in [2.05, 4.69) is 0 Å². The van der Waals surface area contributed by atoms with Gasteiger partial charge in [-0.05, 0) is 61.1 Å². The third-order valence-corrected chi connectivity index (χ3v) is 7.99. The zero-order chi connectivity index (χ0) is 31.1. The maximum absolute atomic E-state index is 15.9. The van der Waals surface area contributed by atoms with Gasteiger partial charge in [0, 0.05) is 18.8 Å². The highest BCUT2D eigenvalue weighted by Gasteiger charge is 2.34. The molecule has 6 rings (SSSR count). The summed E-state index contributed by atoms with van der Waals surface area (Å²) in [4.78, 5) is 40.4. The Kier molecular flexibility index (Phi) is 7.79. The van der Waals surface area contributed by atoms with Crippen LogP contribution in [0.4, 0.5) is 18.0 Å². The molecule has 1 atom stereocenters. The van der Waals surface area contributed by atoms with Crippen molar-refractivity contribution in [2.45, 2.75) is 58.5 Å². The van der Waals surface area contributed by atoms with Crippen molar-refractivity contribution >= 4 is 23.0 Å². The van der Waals surface area contributed by atoms with Gasteiger partial charge in [0.1, 0.15) is 18.0 Å². The summed E-state index contributed by atoms with van der Waals surface area (Å²) in [7, 11) is 0. The number of esters is 1. The summed E-state index contributed by atoms with van der Waals surface area (Å²) in [5, 5.41) is -0.263. The first-order valence-electron chi connectivity index (χ1n) is 14.3. The second kappa shape index (κ2) is 11.7. The van der Waals surface area contributed by atoms with E-state index in [4.69, 9.17) is 14.2 Å². The Labute approximate surface area is 250 Å². The molecule has 0 radical (unpaired) electrons. The molecule has 0 spiro atoms. The largest absolute Gasteiger partial charge is 0.462 e. The van der Waals surface area contributed by atoms with Gasteiger partial charge in [0.2, 0.25) is 5.43 Å². The first-order valence-corrected chi connectivity index (χ1v) is 14.3. The van der Waals surface area contributed by atoms with Gasteiger partial charge in [0.05, 0.1) is 29.1 Å². The van der Waals surface area contributed by atoms with E-state index in [-0.39, 0.29) is 59.4 Å². The predicted octanol–water partition coefficient (Wildman–Crippen LogP) is 7.13. The van der Waals surface area contributed by atoms with Crippen molar-refractivity contribution in [2.75, 3.05) is 6.61 Å². The van der Waals surface area contributed by atoms with E-state index in [0.29, 0.717) is 18.4 Å². The Bertz CT molecular complexity index is 1820. The van der Waals surface area contributed by atoms with Crippen LogP contribution in [0.1, 0.15) is 65.8 Å². The summed E-state index contributed by atoms with van der Waals surface area (Å²) >= 11 is 0. The Hall–Kier alpha value is -4.80. The van der Waals surface area contributed by atoms with Crippen LogP contribution in [-0.2, 0) is 22.6 Å². The molecular weight excluding hydrogens is 577 g/mol. The molecule has 0 saturated heterocycles. The van der Waals surface area contributed by atoms with Crippen LogP contribution in [0.5, 0.6) is 5.75 Å². The van der Waals surface area contributed by atoms with Crippen LogP contribution in [0.15, 0.2) is 65.6 Å². The Morgan fingerprint density at radius 1 is 1.05 bits per heavy atom. The predicted molar refractivity (Wildman–Crippen MR) is 155 cm³/mol. The van der Waals surface area contributed by atoms with Gasteiger partial charge in [0.25, 0.3) is 0 Å². The molecule has 1 unspecified atom stereocenters. The Morgan fingerprint density at radius 3 is 2.48 bits per heavy atom. The lowest BCUT2D eigenvalue weighted by Gasteiger charge is -2.21. The second-order valence-corrected chi connectivity index (χ2v) is 10.8. The third kappa shape index (κ3) is 5.38. The zero-order valence-corrected chi connectivity index (χ0v) is 24.0. The molecule has 11 heteroatoms. The SMILES string of the molecule is CCOC(=O)c1cn(C2CC2)c2c(OC(F)F)c(-c3ccc4c(c3)CN(C(=O)OCc3ccccc3)C4C)c(F)cc2c1=O. The number of pyridine rings is 1. The van der Waals surface area contributed by atoms with Gasteiger partial charge < -0.3 is 18.8 Å². The smallest absolute Gasteiger partial charge is 0.410 e. The van der Waals surface area contributed by atoms with E-state index in [1.54, 1.807) is 25.1 Å². The van der Waals surface area contributed by atoms with Gasteiger partial charge >= 0.3 is 18.7 Å². The topological polar surface area (TPSA) is 87.1 Å². The average Bonchev–Trinajstić information content (AvgIpc) is 3.79. The van der Waals surface area contributed by atoms with E-state index < -0.39 is 35.7 Å². The highest BCUT2D eigenvalue weighted by Crippen LogP contribution is 2.45. The molecule has 3 aromatic carbocycles. The number of amides is 1. The van der Waals surface area contributed by atoms with Crippen molar-refractivity contribution in [3.8, 4) is 16.9 Å². The fourth-order valence-electron chi connectivity index (χ4n) is 5.74. The van der Waals surface area contributed by atoms with E-state index in [1.165, 1.54) is 15.7 Å². The van der Waals surface area contributed by atoms with Crippen LogP contribution < -0.4 is 10.2 Å². The highest BCUT2D eigenvalue weighted by atomic mass is 19.3. The number of alkyl halides is 2. The first kappa shape index (κ1) is 29.3. The van der Waals surface area contributed by atoms with Crippen LogP contribution >= 0.6 is 0 Å². The molecule has 1 aliphatic heterocycles. The molecule has 1 fully saturated rings. The summed E-state index contributed by atoms with van der Waals surface area (Å²) in [6.07, 6.45) is 2.11. The van der Waals surface area contributed by atoms with Crippen LogP contribution in [-0.4, -0.2) is 34.7 Å². The van der Waals surface area contributed by atoms with Crippen LogP contribution in [0.25, 0.3) is 22.0 Å². The maximum Gasteiger partial charge on any atom is 0.410 e. The minimum atomic E-state index is -3.32. The molecule has 2 heterocycles. The number of hydrogen-bond donors (Lipinski definition) is 0. The first-order chi connectivity index (χ1) is 21.2. The number of aromatic nitrogens is 1. The number of carbonyl (C=O) groups excluding carboxylic acids is 2. The summed E-state index contributed by atoms with van der Waals surface area (Å²) in [6.45, 7) is 0.382. The lowest BCUT2D eigenvalue weighted by atomic mass is 9.96. The van der Waals surface area contributed by atoms with E-state index in [1.807, 2.05) is 37.3 Å². The summed E-state index contributed by atoms with van der Waals surface area (Å²) in [5.41, 5.74) is 1.13. The van der Waals surface area contributed by atoms with Gasteiger partial charge in [-0.3, -0.25) is 9.69 Å². The molecule has 4 aromatic rings. The standard InChI is InChI=1S/C33H29F3N2O6/c1-3-42-31(40)25-16-38(22-10-11-22)28-24(29(25)39)14-26(34)27(30(28)44-32(35)36)20-9-12-23-18(2)37(15-21(23)13-20)33(41)43-17-19-7-5-4-6-8-19/h4-9,12-14,16,18,22,32H,3,10-11,15,17H2,1-2H3. The third-order valence-electron chi connectivity index (χ3n) is 7.99. The number of benzene rings is 3. The molecular formula is C33H29F3N2O6. The lowest BCUT2D eigenvalue weighted by Crippen LogP contribution is -2.28. The molecule has 1 aromatic heterocycles. The summed E-state index contributed by atoms with van der Waals surface area (Å²) < 4.78 is 60.7. The molecule has 2 aliphatic rings. The highest BCUT2D eigenvalue weighted by molar-refractivity contribution is 5.98. The Morgan fingerprint density at radius 2 is 1.80 bits per heavy atom. The fraction of sp³-hybridized carbons (Fsp3) is 0.303. The monoisotopic (exact) mass is 606 g/mol. The Balaban J connectivity index is 1.42. The summed E-state index contributed by atoms with van der Waals surface area (Å²) in [5.74, 6) is -2.35. The quantitative estimate of drug-likeness (QED) is 0.198. The molecule has 228 valence electrons. The van der Waals surface area contributed by atoms with Crippen LogP contribution in [0, 0.1) is 5.82 Å². The van der Waals surface area contributed by atoms with Gasteiger partial charge in [-0.25, -0.2) is 14.0 Å². The van der Waals surface area contributed by atoms with E-state index >= 15 is 4.39 Å². The number of nitrogens with zero attached hydrogens (tertiary/aromatic N) is 2. The second-order valence-electron chi connectivity index (χ2n) is 10.8. The van der Waals surface area contributed by atoms with Crippen molar-refractivity contribution in [3.63, 3.8) is 0 Å². The molecule has 1 amide bonds. The molecule has 1 aliphatic carbocycles. The molecule has 8 nitrogen and oxygen atoms in total. The zero-order valence-electron chi connectivity index (χ0n) is 24.0. The molecule has 44 heavy (non-hydrogen) atoms. The fourth-order valence-corrected chi connectivity index (χ4v) is 5.74. The number of ether oxygens (including phenoxy) is 3. The van der Waals surface area contributed by atoms with Gasteiger partial charge in [-0.1, -0.05) is 42.5 Å². The normalized spacial score (nSPS) is 15.9. The van der Waals surface area contributed by atoms with Crippen molar-refractivity contribution in [1.82, 2.24) is 9.47 Å². The lowest BCUT2D eigenvalue weighted by molar-refractivity contribution is -0.0487. The number of rotatable bonds is 8. The molecule has 0 bridgehead atoms. The van der Waals surface area contributed by atoms with Crippen molar-refractivity contribution in [1.29, 1.82) is 0 Å². The van der Waals surface area contributed by atoms with Crippen LogP contribution in [0.3, 0.4) is 0 Å². The van der Waals surface area contributed by atoms with Gasteiger partial charge in [-0.15, -0.1) is 0 Å². The number of halogens is 3. The van der Waals surface area contributed by atoms with Crippen molar-refractivity contribution < 1.29 is 37.0 Å². The maximum atomic E-state index is 15.9. The van der Waals surface area contributed by atoms with Gasteiger partial charge in [-0.2, -0.15) is 8.78 Å². The van der Waals surface area contributed by atoms with Crippen molar-refractivity contribution in [2.24, 2.45) is 0 Å². The van der Waals surface area contributed by atoms with Crippen LogP contribution in [0.2, 0.25) is 0 Å². The van der Waals surface area contributed by atoms with E-state index in [9.17, 15) is 23.2 Å². The summed E-state index contributed by atoms with van der Waals surface area (Å²) in [6, 6.07) is 14.6. The molecule has 0 N–H and O–H groups in total. The number of carbonyl (C=O) groups is 2.